The molecule has 0 aliphatic carbocycles. The lowest BCUT2D eigenvalue weighted by atomic mass is 9.84. The van der Waals surface area contributed by atoms with Crippen molar-refractivity contribution in [2.45, 2.75) is 181 Å². The van der Waals surface area contributed by atoms with Crippen molar-refractivity contribution in [3.63, 3.8) is 0 Å². The fraction of sp³-hybridized carbons (Fsp3) is 0.591. The van der Waals surface area contributed by atoms with Crippen molar-refractivity contribution in [1.82, 2.24) is 31.5 Å². The number of likely N-dealkylation sites (tertiary alicyclic amines) is 1. The number of rotatable bonds is 45. The van der Waals surface area contributed by atoms with Crippen LogP contribution in [0.4, 0.5) is 0 Å². The van der Waals surface area contributed by atoms with Gasteiger partial charge in [0.15, 0.2) is 29.1 Å². The topological polar surface area (TPSA) is 500 Å². The maximum absolute atomic E-state index is 14.5. The summed E-state index contributed by atoms with van der Waals surface area (Å²) >= 11 is 4.29. The molecule has 1 saturated heterocycles. The first-order valence-electron chi connectivity index (χ1n) is 32.3. The number of carbonyl (C=O) groups excluding carboxylic acids is 13. The number of carboxylic acids is 1. The van der Waals surface area contributed by atoms with E-state index in [-0.39, 0.29) is 92.4 Å². The number of aliphatic hydroxyl groups is 1. The summed E-state index contributed by atoms with van der Waals surface area (Å²) in [7, 11) is 0. The number of nitrogens with zero attached hydrogens (tertiary/aromatic N) is 2. The lowest BCUT2D eigenvalue weighted by Crippen LogP contribution is -2.54. The minimum absolute atomic E-state index is 0.000562. The van der Waals surface area contributed by atoms with Crippen molar-refractivity contribution in [3.05, 3.63) is 59.7 Å². The summed E-state index contributed by atoms with van der Waals surface area (Å²) < 4.78 is 0. The lowest BCUT2D eigenvalue weighted by molar-refractivity contribution is -0.145. The van der Waals surface area contributed by atoms with Gasteiger partial charge in [-0.3, -0.25) is 72.1 Å². The van der Waals surface area contributed by atoms with Crippen molar-refractivity contribution >= 4 is 101 Å². The standard InChI is InChI=1S/C66H97N11O18S/c1-7-36(4)45(65(95)77-23-9-11-51(77)64(94)76-50(34-96)55(84)29-42(27-40-14-18-44(80)19-15-40)63(93)75-49(33-78)60(68)90)30-56(85)48(32-59(88)89)72-58(87)21-20-52(81)47(31-57(67)86)74-61(91)38(6)25-54(83)46(10-8-22-71-66(69)70)73-62(92)41(26-39-12-16-43(79)17-13-39)28-53(82)37(5)24-35(2)3/h12-19,35-38,41-42,45-51,78-80,96H,7-11,20-34H2,1-6H3,(H2,67,86)(H2,68,90)(H,72,87)(H,73,92)(H,74,91)(H,75,93)(H,76,94)(H,88,89)(H4,69,70,71)/t36-,37-,38+,41+,42+,45-,46-,47-,48-,49-,50-,51-/m0/s1. The highest BCUT2D eigenvalue weighted by Crippen LogP contribution is 2.29. The van der Waals surface area contributed by atoms with E-state index in [0.29, 0.717) is 30.4 Å². The number of phenolic OH excluding ortho intramolecular Hbond substituents is 2. The second kappa shape index (κ2) is 40.6. The van der Waals surface area contributed by atoms with E-state index in [4.69, 9.17) is 22.9 Å². The van der Waals surface area contributed by atoms with Crippen LogP contribution in [0.2, 0.25) is 0 Å². The van der Waals surface area contributed by atoms with Gasteiger partial charge in [-0.15, -0.1) is 0 Å². The molecule has 30 heteroatoms. The molecule has 2 aromatic rings. The van der Waals surface area contributed by atoms with Gasteiger partial charge in [-0.05, 0) is 92.2 Å². The van der Waals surface area contributed by atoms with Crippen LogP contribution in [0.15, 0.2) is 53.5 Å². The average molecular weight is 1360 g/mol. The molecule has 17 N–H and O–H groups in total. The molecule has 29 nitrogen and oxygen atoms in total. The number of aliphatic carboxylic acids is 1. The molecule has 96 heavy (non-hydrogen) atoms. The number of ketones is 5. The van der Waals surface area contributed by atoms with Crippen LogP contribution in [0.3, 0.4) is 0 Å². The largest absolute Gasteiger partial charge is 0.508 e. The van der Waals surface area contributed by atoms with E-state index in [1.807, 2.05) is 13.8 Å². The Balaban J connectivity index is 1.75. The van der Waals surface area contributed by atoms with Gasteiger partial charge in [0.25, 0.3) is 0 Å². The number of guanidine groups is 1. The molecule has 0 saturated carbocycles. The van der Waals surface area contributed by atoms with Crippen molar-refractivity contribution in [2.24, 2.45) is 69.4 Å². The Morgan fingerprint density at radius 3 is 1.62 bits per heavy atom. The summed E-state index contributed by atoms with van der Waals surface area (Å²) in [5, 5.41) is 51.7. The molecule has 3 rings (SSSR count). The summed E-state index contributed by atoms with van der Waals surface area (Å²) in [6, 6.07) is 3.32. The Hall–Kier alpha value is -8.80. The predicted molar refractivity (Wildman–Crippen MR) is 355 cm³/mol. The van der Waals surface area contributed by atoms with Crippen molar-refractivity contribution in [1.29, 1.82) is 0 Å². The van der Waals surface area contributed by atoms with Crippen LogP contribution in [0.5, 0.6) is 11.5 Å². The first-order chi connectivity index (χ1) is 45.2. The summed E-state index contributed by atoms with van der Waals surface area (Å²) in [6.45, 7) is 9.76. The molecule has 1 fully saturated rings. The van der Waals surface area contributed by atoms with E-state index < -0.39 is 194 Å². The number of thiol groups is 1. The van der Waals surface area contributed by atoms with Gasteiger partial charge in [0.2, 0.25) is 47.3 Å². The molecule has 2 aromatic carbocycles. The molecule has 1 aliphatic heterocycles. The van der Waals surface area contributed by atoms with Crippen LogP contribution >= 0.6 is 12.6 Å². The zero-order chi connectivity index (χ0) is 72.1. The molecule has 0 unspecified atom stereocenters. The number of nitrogens with one attached hydrogen (secondary N) is 5. The number of aliphatic hydroxyl groups excluding tert-OH is 1. The maximum Gasteiger partial charge on any atom is 0.305 e. The Kier molecular flexibility index (Phi) is 34.4. The minimum Gasteiger partial charge on any atom is -0.508 e. The number of carbonyl (C=O) groups is 14. The third-order valence-electron chi connectivity index (χ3n) is 16.9. The number of benzene rings is 2. The molecule has 1 heterocycles. The van der Waals surface area contributed by atoms with Crippen LogP contribution in [-0.4, -0.2) is 175 Å². The fourth-order valence-corrected chi connectivity index (χ4v) is 11.5. The monoisotopic (exact) mass is 1360 g/mol. The van der Waals surface area contributed by atoms with Gasteiger partial charge >= 0.3 is 5.97 Å². The number of nitrogens with two attached hydrogens (primary N) is 4. The average Bonchev–Trinajstić information content (AvgIpc) is 1.60. The molecule has 0 radical (unpaired) electrons. The van der Waals surface area contributed by atoms with Crippen LogP contribution in [0.1, 0.15) is 143 Å². The highest BCUT2D eigenvalue weighted by molar-refractivity contribution is 7.80. The van der Waals surface area contributed by atoms with E-state index >= 15 is 0 Å². The number of hydrogen-bond acceptors (Lipinski definition) is 19. The van der Waals surface area contributed by atoms with Crippen LogP contribution in [0.25, 0.3) is 0 Å². The van der Waals surface area contributed by atoms with Gasteiger partial charge in [0.05, 0.1) is 43.6 Å². The molecular weight excluding hydrogens is 1270 g/mol. The van der Waals surface area contributed by atoms with Gasteiger partial charge in [-0.25, -0.2) is 0 Å². The van der Waals surface area contributed by atoms with Gasteiger partial charge in [0.1, 0.15) is 29.4 Å². The fourth-order valence-electron chi connectivity index (χ4n) is 11.2. The Labute approximate surface area is 564 Å². The number of phenols is 2. The number of aliphatic imine (C=N–C) groups is 1. The second-order valence-corrected chi connectivity index (χ2v) is 25.6. The first-order valence-corrected chi connectivity index (χ1v) is 32.9. The Morgan fingerprint density at radius 1 is 0.604 bits per heavy atom. The second-order valence-electron chi connectivity index (χ2n) is 25.2. The van der Waals surface area contributed by atoms with E-state index in [2.05, 4.69) is 44.2 Å². The zero-order valence-electron chi connectivity index (χ0n) is 55.4. The highest BCUT2D eigenvalue weighted by Gasteiger charge is 2.42. The lowest BCUT2D eigenvalue weighted by Gasteiger charge is -2.32. The molecule has 0 aromatic heterocycles. The summed E-state index contributed by atoms with van der Waals surface area (Å²) in [4.78, 5) is 194. The molecule has 1 aliphatic rings. The van der Waals surface area contributed by atoms with Gasteiger partial charge in [-0.2, -0.15) is 12.6 Å². The summed E-state index contributed by atoms with van der Waals surface area (Å²) in [5.41, 5.74) is 22.9. The number of Topliss-reactive ketones (excluding diaryl/α,β-unsaturated/α-hetero) is 5. The molecule has 8 amide bonds. The molecule has 0 bridgehead atoms. The quantitative estimate of drug-likeness (QED) is 0.0186. The normalized spacial score (nSPS) is 16.3. The maximum atomic E-state index is 14.5. The number of carboxylic acid groups (broad SMARTS) is 1. The van der Waals surface area contributed by atoms with Crippen molar-refractivity contribution in [2.75, 3.05) is 25.4 Å². The van der Waals surface area contributed by atoms with E-state index in [1.54, 1.807) is 32.9 Å². The van der Waals surface area contributed by atoms with Crippen molar-refractivity contribution < 1.29 is 87.5 Å². The molecule has 12 atom stereocenters. The van der Waals surface area contributed by atoms with Gasteiger partial charge in [0, 0.05) is 87.0 Å². The number of aromatic hydroxyl groups is 2. The number of hydrogen-bond donors (Lipinski definition) is 14. The highest BCUT2D eigenvalue weighted by atomic mass is 32.1. The summed E-state index contributed by atoms with van der Waals surface area (Å²) in [5.74, 6) is -17.3. The van der Waals surface area contributed by atoms with Crippen LogP contribution < -0.4 is 49.5 Å². The third-order valence-corrected chi connectivity index (χ3v) is 17.3. The first kappa shape index (κ1) is 81.4. The van der Waals surface area contributed by atoms with E-state index in [0.717, 1.165) is 0 Å². The number of primary amides is 2. The van der Waals surface area contributed by atoms with Gasteiger partial charge < -0.3 is 74.8 Å². The molecular formula is C66H97N11O18S. The predicted octanol–water partition coefficient (Wildman–Crippen LogP) is 0.508. The van der Waals surface area contributed by atoms with Crippen LogP contribution in [0, 0.1) is 41.4 Å². The minimum atomic E-state index is -1.74. The van der Waals surface area contributed by atoms with E-state index in [9.17, 15) is 87.5 Å². The smallest absolute Gasteiger partial charge is 0.305 e. The Morgan fingerprint density at radius 2 is 1.12 bits per heavy atom. The SMILES string of the molecule is CC[C@H](C)[C@H](CC(=O)[C@H](CC(=O)O)NC(=O)CCC(=O)[C@H](CC(N)=O)NC(=O)[C@H](C)CC(=O)[C@H](CCCN=C(N)N)NC(=O)[C@@H](CC(=O)[C@@H](C)CC(C)C)Cc1ccc(O)cc1)C(=O)N1CCC[C@H]1C(=O)N[C@@H](CS)C(=O)C[C@@H](Cc1ccc(O)cc1)C(=O)N[C@@H](CO)C(N)=O. The summed E-state index contributed by atoms with van der Waals surface area (Å²) in [6.07, 6.45) is -3.29. The zero-order valence-corrected chi connectivity index (χ0v) is 56.3. The number of amides is 8. The van der Waals surface area contributed by atoms with E-state index in [1.165, 1.54) is 48.2 Å². The van der Waals surface area contributed by atoms with Gasteiger partial charge in [-0.1, -0.05) is 72.2 Å². The van der Waals surface area contributed by atoms with Crippen molar-refractivity contribution in [3.8, 4) is 11.5 Å². The molecule has 0 spiro atoms. The third kappa shape index (κ3) is 27.9. The molecule has 530 valence electrons. The van der Waals surface area contributed by atoms with Crippen LogP contribution in [-0.2, 0) is 80.0 Å². The Bertz CT molecular complexity index is 3090.